The molecule has 42 heavy (non-hydrogen) atoms. The molecule has 1 aliphatic heterocycles. The first-order chi connectivity index (χ1) is 20.1. The highest BCUT2D eigenvalue weighted by atomic mass is 32.2. The number of thioether (sulfide) groups is 1. The van der Waals surface area contributed by atoms with Crippen molar-refractivity contribution in [2.75, 3.05) is 41.0 Å². The van der Waals surface area contributed by atoms with Crippen LogP contribution in [0.25, 0.3) is 16.6 Å². The molecule has 0 saturated carbocycles. The molecule has 1 fully saturated rings. The van der Waals surface area contributed by atoms with E-state index in [1.165, 1.54) is 18.5 Å². The number of fused-ring (bicyclic) bond motifs is 1. The van der Waals surface area contributed by atoms with Crippen molar-refractivity contribution < 1.29 is 26.7 Å². The van der Waals surface area contributed by atoms with E-state index in [4.69, 9.17) is 5.73 Å². The number of aromatic nitrogens is 3. The SMILES string of the molecule is N#CCc1c(-c2ccc(NC(=O)Nc3cc(C(F)(F)F)ccc3F)c(F)c2)c2c(N)ncnn2c1CN1CCSCC1. The molecule has 0 spiro atoms. The molecule has 4 N–H and O–H groups in total. The number of nitrogens with one attached hydrogen (secondary N) is 2. The van der Waals surface area contributed by atoms with E-state index in [-0.39, 0.29) is 17.9 Å². The van der Waals surface area contributed by atoms with Gasteiger partial charge in [0, 0.05) is 36.7 Å². The molecule has 0 bridgehead atoms. The lowest BCUT2D eigenvalue weighted by Gasteiger charge is -2.26. The van der Waals surface area contributed by atoms with E-state index < -0.39 is 35.1 Å². The molecule has 2 amide bonds. The highest BCUT2D eigenvalue weighted by Gasteiger charge is 2.31. The van der Waals surface area contributed by atoms with Gasteiger partial charge in [0.25, 0.3) is 0 Å². The minimum atomic E-state index is -4.75. The van der Waals surface area contributed by atoms with Gasteiger partial charge < -0.3 is 16.4 Å². The van der Waals surface area contributed by atoms with Crippen LogP contribution in [-0.2, 0) is 19.1 Å². The fourth-order valence-electron chi connectivity index (χ4n) is 4.78. The van der Waals surface area contributed by atoms with Crippen LogP contribution in [0, 0.1) is 23.0 Å². The van der Waals surface area contributed by atoms with E-state index in [0.29, 0.717) is 47.0 Å². The number of carbonyl (C=O) groups excluding carboxylic acids is 1. The number of halogens is 5. The lowest BCUT2D eigenvalue weighted by Crippen LogP contribution is -2.32. The highest BCUT2D eigenvalue weighted by Crippen LogP contribution is 2.38. The Balaban J connectivity index is 1.47. The van der Waals surface area contributed by atoms with Crippen LogP contribution in [0.4, 0.5) is 43.9 Å². The summed E-state index contributed by atoms with van der Waals surface area (Å²) in [5, 5.41) is 18.2. The Hall–Kier alpha value is -4.42. The second-order valence-corrected chi connectivity index (χ2v) is 10.6. The number of hydrogen-bond donors (Lipinski definition) is 3. The Kier molecular flexibility index (Phi) is 8.19. The molecule has 2 aromatic heterocycles. The number of rotatable bonds is 6. The predicted octanol–water partition coefficient (Wildman–Crippen LogP) is 5.53. The van der Waals surface area contributed by atoms with Gasteiger partial charge in [-0.2, -0.15) is 35.3 Å². The zero-order valence-corrected chi connectivity index (χ0v) is 22.6. The van der Waals surface area contributed by atoms with Crippen molar-refractivity contribution in [3.63, 3.8) is 0 Å². The number of benzene rings is 2. The molecule has 9 nitrogen and oxygen atoms in total. The number of nitriles is 1. The molecule has 15 heteroatoms. The van der Waals surface area contributed by atoms with Crippen molar-refractivity contribution in [3.8, 4) is 17.2 Å². The largest absolute Gasteiger partial charge is 0.416 e. The molecule has 218 valence electrons. The van der Waals surface area contributed by atoms with E-state index in [2.05, 4.69) is 26.4 Å². The van der Waals surface area contributed by atoms with Crippen LogP contribution >= 0.6 is 11.8 Å². The van der Waals surface area contributed by atoms with Crippen LogP contribution in [0.2, 0.25) is 0 Å². The van der Waals surface area contributed by atoms with Gasteiger partial charge in [-0.1, -0.05) is 6.07 Å². The monoisotopic (exact) mass is 602 g/mol. The van der Waals surface area contributed by atoms with Crippen molar-refractivity contribution in [1.82, 2.24) is 19.5 Å². The molecule has 0 atom stereocenters. The van der Waals surface area contributed by atoms with Crippen molar-refractivity contribution in [3.05, 3.63) is 71.2 Å². The van der Waals surface area contributed by atoms with Gasteiger partial charge in [0.15, 0.2) is 5.82 Å². The summed E-state index contributed by atoms with van der Waals surface area (Å²) in [6, 6.07) is 6.43. The van der Waals surface area contributed by atoms with Crippen LogP contribution < -0.4 is 16.4 Å². The van der Waals surface area contributed by atoms with Gasteiger partial charge >= 0.3 is 12.2 Å². The Morgan fingerprint density at radius 1 is 1.07 bits per heavy atom. The number of hydrogen-bond acceptors (Lipinski definition) is 7. The van der Waals surface area contributed by atoms with E-state index >= 15 is 4.39 Å². The number of alkyl halides is 3. The molecule has 0 radical (unpaired) electrons. The third-order valence-electron chi connectivity index (χ3n) is 6.74. The van der Waals surface area contributed by atoms with Gasteiger partial charge in [0.1, 0.15) is 23.5 Å². The summed E-state index contributed by atoms with van der Waals surface area (Å²) in [7, 11) is 0. The zero-order valence-electron chi connectivity index (χ0n) is 21.8. The number of urea groups is 1. The average molecular weight is 603 g/mol. The van der Waals surface area contributed by atoms with Crippen molar-refractivity contribution in [2.45, 2.75) is 19.1 Å². The average Bonchev–Trinajstić information content (AvgIpc) is 3.25. The maximum absolute atomic E-state index is 15.3. The molecule has 5 rings (SSSR count). The number of carbonyl (C=O) groups is 1. The first-order valence-electron chi connectivity index (χ1n) is 12.6. The number of nitrogens with two attached hydrogens (primary N) is 1. The molecule has 3 heterocycles. The molecular weight excluding hydrogens is 579 g/mol. The summed E-state index contributed by atoms with van der Waals surface area (Å²) < 4.78 is 70.0. The Labute approximate surface area is 240 Å². The van der Waals surface area contributed by atoms with E-state index in [1.807, 2.05) is 17.1 Å². The minimum absolute atomic E-state index is 0.0113. The van der Waals surface area contributed by atoms with Crippen LogP contribution in [-0.4, -0.2) is 50.1 Å². The molecule has 1 aliphatic rings. The molecule has 2 aromatic carbocycles. The van der Waals surface area contributed by atoms with E-state index in [0.717, 1.165) is 36.4 Å². The third-order valence-corrected chi connectivity index (χ3v) is 7.68. The van der Waals surface area contributed by atoms with Gasteiger partial charge in [0.05, 0.1) is 35.1 Å². The quantitative estimate of drug-likeness (QED) is 0.248. The second-order valence-electron chi connectivity index (χ2n) is 9.40. The molecule has 4 aromatic rings. The summed E-state index contributed by atoms with van der Waals surface area (Å²) in [6.07, 6.45) is -3.46. The van der Waals surface area contributed by atoms with Crippen molar-refractivity contribution in [1.29, 1.82) is 5.26 Å². The smallest absolute Gasteiger partial charge is 0.382 e. The topological polar surface area (TPSA) is 124 Å². The number of nitrogens with zero attached hydrogens (tertiary/aromatic N) is 5. The fourth-order valence-corrected chi connectivity index (χ4v) is 5.76. The Bertz CT molecular complexity index is 1690. The van der Waals surface area contributed by atoms with Gasteiger partial charge in [0.2, 0.25) is 0 Å². The molecule has 1 saturated heterocycles. The van der Waals surface area contributed by atoms with Crippen LogP contribution in [0.1, 0.15) is 16.8 Å². The molecular formula is C27H23F5N8OS. The summed E-state index contributed by atoms with van der Waals surface area (Å²) in [5.74, 6) is 0.0750. The van der Waals surface area contributed by atoms with Gasteiger partial charge in [-0.15, -0.1) is 0 Å². The summed E-state index contributed by atoms with van der Waals surface area (Å²) in [4.78, 5) is 18.8. The second kappa shape index (κ2) is 11.8. The first-order valence-corrected chi connectivity index (χ1v) is 13.8. The van der Waals surface area contributed by atoms with Crippen LogP contribution in [0.3, 0.4) is 0 Å². The van der Waals surface area contributed by atoms with E-state index in [9.17, 15) is 27.6 Å². The van der Waals surface area contributed by atoms with E-state index in [1.54, 1.807) is 4.52 Å². The van der Waals surface area contributed by atoms with Gasteiger partial charge in [-0.25, -0.2) is 23.1 Å². The van der Waals surface area contributed by atoms with Crippen molar-refractivity contribution in [2.24, 2.45) is 0 Å². The number of anilines is 3. The van der Waals surface area contributed by atoms with Crippen molar-refractivity contribution >= 4 is 40.5 Å². The third kappa shape index (κ3) is 5.95. The normalized spacial score (nSPS) is 14.1. The first kappa shape index (κ1) is 29.1. The lowest BCUT2D eigenvalue weighted by molar-refractivity contribution is -0.137. The van der Waals surface area contributed by atoms with Crippen LogP contribution in [0.15, 0.2) is 42.7 Å². The fraction of sp³-hybridized carbons (Fsp3) is 0.259. The maximum atomic E-state index is 15.3. The minimum Gasteiger partial charge on any atom is -0.382 e. The standard InChI is InChI=1S/C27H23F5N8OS/c28-18-3-2-16(27(30,31)32)12-21(18)38-26(41)37-20-4-1-15(11-19(20)29)23-17(5-6-33)22(13-39-7-9-42-10-8-39)40-24(23)25(34)35-14-36-40/h1-4,11-12,14H,5,7-10,13H2,(H2,34,35,36)(H2,37,38,41). The number of amides is 2. The predicted molar refractivity (Wildman–Crippen MR) is 149 cm³/mol. The molecule has 0 unspecified atom stereocenters. The maximum Gasteiger partial charge on any atom is 0.416 e. The summed E-state index contributed by atoms with van der Waals surface area (Å²) in [5.41, 5.74) is 6.58. The Morgan fingerprint density at radius 2 is 1.81 bits per heavy atom. The van der Waals surface area contributed by atoms with Gasteiger partial charge in [-0.05, 0) is 41.5 Å². The highest BCUT2D eigenvalue weighted by molar-refractivity contribution is 7.99. The van der Waals surface area contributed by atoms with Gasteiger partial charge in [-0.3, -0.25) is 4.90 Å². The Morgan fingerprint density at radius 3 is 2.50 bits per heavy atom. The number of nitrogen functional groups attached to an aromatic ring is 1. The summed E-state index contributed by atoms with van der Waals surface area (Å²) in [6.45, 7) is 2.19. The lowest BCUT2D eigenvalue weighted by atomic mass is 9.98. The molecule has 0 aliphatic carbocycles. The zero-order chi connectivity index (χ0) is 30.0. The summed E-state index contributed by atoms with van der Waals surface area (Å²) >= 11 is 1.86. The van der Waals surface area contributed by atoms with Crippen LogP contribution in [0.5, 0.6) is 0 Å².